The zero-order valence-corrected chi connectivity index (χ0v) is 13.1. The summed E-state index contributed by atoms with van der Waals surface area (Å²) < 4.78 is 12.2. The maximum atomic E-state index is 12.3. The van der Waals surface area contributed by atoms with Gasteiger partial charge >= 0.3 is 5.97 Å². The molecule has 1 aliphatic heterocycles. The minimum atomic E-state index is -0.321. The fraction of sp³-hybridized carbons (Fsp3) is 0.438. The molecule has 122 valence electrons. The third-order valence-electron chi connectivity index (χ3n) is 3.69. The first-order valence-corrected chi connectivity index (χ1v) is 7.76. The predicted octanol–water partition coefficient (Wildman–Crippen LogP) is 1.17. The molecule has 7 nitrogen and oxygen atoms in total. The number of hydrogen-bond acceptors (Lipinski definition) is 6. The molecule has 1 saturated heterocycles. The lowest BCUT2D eigenvalue weighted by Crippen LogP contribution is -2.38. The molecular weight excluding hydrogens is 296 g/mol. The van der Waals surface area contributed by atoms with Gasteiger partial charge in [-0.2, -0.15) is 0 Å². The van der Waals surface area contributed by atoms with Crippen LogP contribution in [0.1, 0.15) is 6.92 Å². The molecule has 23 heavy (non-hydrogen) atoms. The molecule has 7 heteroatoms. The van der Waals surface area contributed by atoms with Crippen LogP contribution < -0.4 is 0 Å². The Kier molecular flexibility index (Phi) is 4.99. The summed E-state index contributed by atoms with van der Waals surface area (Å²) in [7, 11) is 0. The maximum absolute atomic E-state index is 12.3. The van der Waals surface area contributed by atoms with Crippen molar-refractivity contribution in [1.82, 2.24) is 19.9 Å². The highest BCUT2D eigenvalue weighted by molar-refractivity contribution is 5.93. The Morgan fingerprint density at radius 1 is 1.35 bits per heavy atom. The van der Waals surface area contributed by atoms with Gasteiger partial charge in [-0.1, -0.05) is 17.3 Å². The van der Waals surface area contributed by atoms with Crippen molar-refractivity contribution in [2.75, 3.05) is 39.5 Å². The van der Waals surface area contributed by atoms with Gasteiger partial charge in [-0.05, 0) is 19.1 Å². The van der Waals surface area contributed by atoms with Gasteiger partial charge in [0.15, 0.2) is 0 Å². The molecule has 0 aliphatic carbocycles. The Labute approximate surface area is 134 Å². The molecule has 1 aliphatic rings. The molecule has 1 aromatic heterocycles. The van der Waals surface area contributed by atoms with Gasteiger partial charge < -0.3 is 9.47 Å². The number of ether oxygens (including phenoxy) is 2. The van der Waals surface area contributed by atoms with E-state index in [0.717, 1.165) is 24.1 Å². The second-order valence-corrected chi connectivity index (χ2v) is 5.29. The number of esters is 1. The number of para-hydroxylation sites is 1. The standard InChI is InChI=1S/C16H20N4O3/c1-2-23-16(21)13(11-19-7-9-22-10-8-19)12-20-15-6-4-3-5-14(15)17-18-20/h3-6,12H,2,7-11H2,1H3/b13-12-. The average Bonchev–Trinajstić information content (AvgIpc) is 2.99. The van der Waals surface area contributed by atoms with Crippen LogP contribution >= 0.6 is 0 Å². The molecule has 0 saturated carbocycles. The first kappa shape index (κ1) is 15.6. The normalized spacial score (nSPS) is 16.7. The number of morpholine rings is 1. The minimum Gasteiger partial charge on any atom is -0.463 e. The van der Waals surface area contributed by atoms with E-state index in [1.807, 2.05) is 24.3 Å². The van der Waals surface area contributed by atoms with Crippen LogP contribution in [0.25, 0.3) is 17.2 Å². The molecule has 0 amide bonds. The maximum Gasteiger partial charge on any atom is 0.336 e. The van der Waals surface area contributed by atoms with Crippen molar-refractivity contribution in [1.29, 1.82) is 0 Å². The lowest BCUT2D eigenvalue weighted by Gasteiger charge is -2.26. The van der Waals surface area contributed by atoms with E-state index in [0.29, 0.717) is 31.9 Å². The van der Waals surface area contributed by atoms with Crippen LogP contribution in [0, 0.1) is 0 Å². The Balaban J connectivity index is 1.88. The number of rotatable bonds is 5. The third kappa shape index (κ3) is 3.75. The summed E-state index contributed by atoms with van der Waals surface area (Å²) in [4.78, 5) is 14.4. The van der Waals surface area contributed by atoms with E-state index in [-0.39, 0.29) is 5.97 Å². The summed E-state index contributed by atoms with van der Waals surface area (Å²) in [6.45, 7) is 5.62. The number of fused-ring (bicyclic) bond motifs is 1. The van der Waals surface area contributed by atoms with Crippen LogP contribution in [0.15, 0.2) is 29.8 Å². The number of aromatic nitrogens is 3. The van der Waals surface area contributed by atoms with Crippen LogP contribution in [-0.4, -0.2) is 65.3 Å². The van der Waals surface area contributed by atoms with Crippen molar-refractivity contribution in [3.05, 3.63) is 29.8 Å². The van der Waals surface area contributed by atoms with Crippen molar-refractivity contribution < 1.29 is 14.3 Å². The van der Waals surface area contributed by atoms with Gasteiger partial charge in [0, 0.05) is 25.8 Å². The van der Waals surface area contributed by atoms with Gasteiger partial charge in [-0.3, -0.25) is 4.90 Å². The van der Waals surface area contributed by atoms with Crippen molar-refractivity contribution in [3.8, 4) is 0 Å². The second-order valence-electron chi connectivity index (χ2n) is 5.29. The zero-order chi connectivity index (χ0) is 16.1. The lowest BCUT2D eigenvalue weighted by molar-refractivity contribution is -0.138. The van der Waals surface area contributed by atoms with Crippen LogP contribution in [-0.2, 0) is 14.3 Å². The first-order valence-electron chi connectivity index (χ1n) is 7.76. The average molecular weight is 316 g/mol. The number of benzene rings is 1. The number of hydrogen-bond donors (Lipinski definition) is 0. The Bertz CT molecular complexity index is 704. The van der Waals surface area contributed by atoms with Crippen LogP contribution in [0.4, 0.5) is 0 Å². The van der Waals surface area contributed by atoms with Gasteiger partial charge in [-0.15, -0.1) is 5.10 Å². The van der Waals surface area contributed by atoms with E-state index in [1.54, 1.807) is 17.8 Å². The van der Waals surface area contributed by atoms with Crippen LogP contribution in [0.2, 0.25) is 0 Å². The fourth-order valence-corrected chi connectivity index (χ4v) is 2.51. The van der Waals surface area contributed by atoms with Crippen LogP contribution in [0.3, 0.4) is 0 Å². The molecule has 3 rings (SSSR count). The molecule has 0 atom stereocenters. The summed E-state index contributed by atoms with van der Waals surface area (Å²) >= 11 is 0. The molecule has 0 bridgehead atoms. The Hall–Kier alpha value is -2.25. The monoisotopic (exact) mass is 316 g/mol. The van der Waals surface area contributed by atoms with Gasteiger partial charge in [0.05, 0.1) is 30.9 Å². The summed E-state index contributed by atoms with van der Waals surface area (Å²) in [6.07, 6.45) is 1.71. The van der Waals surface area contributed by atoms with E-state index in [1.165, 1.54) is 0 Å². The van der Waals surface area contributed by atoms with Crippen molar-refractivity contribution in [2.45, 2.75) is 6.92 Å². The highest BCUT2D eigenvalue weighted by atomic mass is 16.5. The predicted molar refractivity (Wildman–Crippen MR) is 85.7 cm³/mol. The molecule has 1 fully saturated rings. The zero-order valence-electron chi connectivity index (χ0n) is 13.1. The molecule has 2 aromatic rings. The van der Waals surface area contributed by atoms with Gasteiger partial charge in [0.25, 0.3) is 0 Å². The molecular formula is C16H20N4O3. The van der Waals surface area contributed by atoms with Crippen molar-refractivity contribution in [3.63, 3.8) is 0 Å². The van der Waals surface area contributed by atoms with E-state index in [9.17, 15) is 4.79 Å². The van der Waals surface area contributed by atoms with Crippen LogP contribution in [0.5, 0.6) is 0 Å². The van der Waals surface area contributed by atoms with E-state index < -0.39 is 0 Å². The SMILES string of the molecule is CCOC(=O)/C(=C\n1nnc2ccccc21)CN1CCOCC1. The largest absolute Gasteiger partial charge is 0.463 e. The van der Waals surface area contributed by atoms with E-state index in [4.69, 9.17) is 9.47 Å². The highest BCUT2D eigenvalue weighted by Gasteiger charge is 2.18. The number of nitrogens with zero attached hydrogens (tertiary/aromatic N) is 4. The topological polar surface area (TPSA) is 69.5 Å². The summed E-state index contributed by atoms with van der Waals surface area (Å²) in [5, 5.41) is 8.22. The quantitative estimate of drug-likeness (QED) is 0.609. The Morgan fingerprint density at radius 3 is 2.91 bits per heavy atom. The van der Waals surface area contributed by atoms with Gasteiger partial charge in [-0.25, -0.2) is 9.48 Å². The van der Waals surface area contributed by atoms with Crippen molar-refractivity contribution in [2.24, 2.45) is 0 Å². The summed E-state index contributed by atoms with van der Waals surface area (Å²) in [5.74, 6) is -0.321. The van der Waals surface area contributed by atoms with E-state index in [2.05, 4.69) is 15.2 Å². The molecule has 1 aromatic carbocycles. The number of carbonyl (C=O) groups is 1. The minimum absolute atomic E-state index is 0.321. The molecule has 0 spiro atoms. The van der Waals surface area contributed by atoms with Gasteiger partial charge in [0.2, 0.25) is 0 Å². The Morgan fingerprint density at radius 2 is 2.13 bits per heavy atom. The number of carbonyl (C=O) groups excluding carboxylic acids is 1. The lowest BCUT2D eigenvalue weighted by atomic mass is 10.2. The second kappa shape index (κ2) is 7.34. The summed E-state index contributed by atoms with van der Waals surface area (Å²) in [5.41, 5.74) is 2.21. The summed E-state index contributed by atoms with van der Waals surface area (Å²) in [6, 6.07) is 7.63. The fourth-order valence-electron chi connectivity index (χ4n) is 2.51. The molecule has 0 radical (unpaired) electrons. The first-order chi connectivity index (χ1) is 11.3. The highest BCUT2D eigenvalue weighted by Crippen LogP contribution is 2.13. The smallest absolute Gasteiger partial charge is 0.336 e. The van der Waals surface area contributed by atoms with Gasteiger partial charge in [0.1, 0.15) is 5.52 Å². The van der Waals surface area contributed by atoms with Crippen molar-refractivity contribution >= 4 is 23.2 Å². The van der Waals surface area contributed by atoms with E-state index >= 15 is 0 Å². The molecule has 0 N–H and O–H groups in total. The molecule has 2 heterocycles. The third-order valence-corrected chi connectivity index (χ3v) is 3.69. The molecule has 0 unspecified atom stereocenters.